The molecule has 6 aliphatic rings. The van der Waals surface area contributed by atoms with Crippen LogP contribution in [0, 0.1) is 45.3 Å². The van der Waals surface area contributed by atoms with E-state index in [1.807, 2.05) is 11.3 Å². The SMILES string of the molecule is N#CC(C#N)=C1C=C(C2=Cc3cc4sc5cc6c(cc5c4cc3C23CCCCC3)C2(CCCCC2)C(C2=CC(=C(C#N)C#N)CCC2)=C6)CCC1. The van der Waals surface area contributed by atoms with Crippen molar-refractivity contribution in [2.24, 2.45) is 0 Å². The first kappa shape index (κ1) is 32.0. The molecule has 9 rings (SSSR count). The fraction of sp³-hybridized carbons (Fsp3) is 0.391. The minimum absolute atomic E-state index is 0.00972. The Labute approximate surface area is 304 Å². The number of fused-ring (bicyclic) bond motifs is 7. The molecule has 2 fully saturated rings. The highest BCUT2D eigenvalue weighted by Gasteiger charge is 2.46. The van der Waals surface area contributed by atoms with E-state index in [0.717, 1.165) is 75.4 Å². The van der Waals surface area contributed by atoms with Crippen LogP contribution in [0.5, 0.6) is 0 Å². The van der Waals surface area contributed by atoms with Crippen LogP contribution in [-0.2, 0) is 10.8 Å². The van der Waals surface area contributed by atoms with Crippen molar-refractivity contribution in [2.45, 2.75) is 114 Å². The van der Waals surface area contributed by atoms with E-state index in [2.05, 4.69) is 72.8 Å². The van der Waals surface area contributed by atoms with Gasteiger partial charge in [0.15, 0.2) is 0 Å². The largest absolute Gasteiger partial charge is 0.192 e. The van der Waals surface area contributed by atoms with Gasteiger partial charge in [-0.1, -0.05) is 62.8 Å². The standard InChI is InChI=1S/C46H40N4S/c47-25-35(26-48)29-9-7-11-31(17-29)39-19-33-21-43-37(23-41(33)45(39)13-3-1-4-14-45)38-24-42-34(22-44(38)51-43)20-40(46(42)15-5-2-6-16-46)32-12-8-10-30(18-32)36(27-49)28-50/h17-24H,1-16H2. The summed E-state index contributed by atoms with van der Waals surface area (Å²) in [6, 6.07) is 18.6. The summed E-state index contributed by atoms with van der Waals surface area (Å²) < 4.78 is 2.69. The lowest BCUT2D eigenvalue weighted by Gasteiger charge is -2.39. The summed E-state index contributed by atoms with van der Waals surface area (Å²) in [6.45, 7) is 0. The van der Waals surface area contributed by atoms with Crippen molar-refractivity contribution in [3.05, 3.63) is 103 Å². The van der Waals surface area contributed by atoms with Crippen LogP contribution >= 0.6 is 11.3 Å². The maximum absolute atomic E-state index is 9.65. The lowest BCUT2D eigenvalue weighted by Crippen LogP contribution is -2.30. The molecule has 0 atom stereocenters. The molecule has 5 heteroatoms. The van der Waals surface area contributed by atoms with Gasteiger partial charge in [-0.25, -0.2) is 0 Å². The average Bonchev–Trinajstić information content (AvgIpc) is 3.78. The van der Waals surface area contributed by atoms with Crippen LogP contribution in [0.3, 0.4) is 0 Å². The van der Waals surface area contributed by atoms with Crippen LogP contribution < -0.4 is 0 Å². The molecule has 0 aliphatic heterocycles. The third kappa shape index (κ3) is 4.86. The van der Waals surface area contributed by atoms with Gasteiger partial charge in [0.1, 0.15) is 35.4 Å². The molecule has 0 saturated heterocycles. The zero-order valence-electron chi connectivity index (χ0n) is 29.1. The van der Waals surface area contributed by atoms with E-state index >= 15 is 0 Å². The summed E-state index contributed by atoms with van der Waals surface area (Å²) in [5.41, 5.74) is 13.5. The van der Waals surface area contributed by atoms with Crippen LogP contribution in [0.4, 0.5) is 0 Å². The van der Waals surface area contributed by atoms with Gasteiger partial charge in [-0.05, 0) is 144 Å². The van der Waals surface area contributed by atoms with Crippen molar-refractivity contribution < 1.29 is 0 Å². The van der Waals surface area contributed by atoms with E-state index in [-0.39, 0.29) is 22.0 Å². The van der Waals surface area contributed by atoms with Crippen LogP contribution in [0.1, 0.15) is 125 Å². The van der Waals surface area contributed by atoms with Crippen molar-refractivity contribution >= 4 is 43.7 Å². The van der Waals surface area contributed by atoms with Crippen LogP contribution in [0.25, 0.3) is 32.3 Å². The molecule has 2 saturated carbocycles. The van der Waals surface area contributed by atoms with E-state index in [9.17, 15) is 21.0 Å². The monoisotopic (exact) mass is 680 g/mol. The summed E-state index contributed by atoms with van der Waals surface area (Å²) in [5.74, 6) is 0. The summed E-state index contributed by atoms with van der Waals surface area (Å²) in [6.07, 6.45) is 26.9. The van der Waals surface area contributed by atoms with Crippen molar-refractivity contribution in [2.75, 3.05) is 0 Å². The Morgan fingerprint density at radius 3 is 1.29 bits per heavy atom. The zero-order valence-corrected chi connectivity index (χ0v) is 29.9. The lowest BCUT2D eigenvalue weighted by atomic mass is 9.64. The zero-order chi connectivity index (χ0) is 34.7. The van der Waals surface area contributed by atoms with Crippen molar-refractivity contribution in [3.8, 4) is 24.3 Å². The average molecular weight is 681 g/mol. The summed E-state index contributed by atoms with van der Waals surface area (Å²) >= 11 is 1.91. The second kappa shape index (κ2) is 12.4. The van der Waals surface area contributed by atoms with Crippen LogP contribution in [0.2, 0.25) is 0 Å². The Kier molecular flexibility index (Phi) is 7.77. The third-order valence-corrected chi connectivity index (χ3v) is 14.3. The highest BCUT2D eigenvalue weighted by Crippen LogP contribution is 2.58. The predicted octanol–water partition coefficient (Wildman–Crippen LogP) is 12.2. The molecule has 2 spiro atoms. The first-order valence-corrected chi connectivity index (χ1v) is 19.8. The maximum atomic E-state index is 9.65. The van der Waals surface area contributed by atoms with Gasteiger partial charge in [0, 0.05) is 31.0 Å². The normalized spacial score (nSPS) is 21.5. The number of rotatable bonds is 2. The highest BCUT2D eigenvalue weighted by molar-refractivity contribution is 7.25. The van der Waals surface area contributed by atoms with Gasteiger partial charge in [0.2, 0.25) is 0 Å². The van der Waals surface area contributed by atoms with Gasteiger partial charge in [-0.15, -0.1) is 11.3 Å². The topological polar surface area (TPSA) is 95.2 Å². The number of hydrogen-bond acceptors (Lipinski definition) is 5. The number of thiophene rings is 1. The molecule has 0 radical (unpaired) electrons. The Balaban J connectivity index is 1.19. The highest BCUT2D eigenvalue weighted by atomic mass is 32.1. The number of nitriles is 4. The maximum Gasteiger partial charge on any atom is 0.132 e. The summed E-state index contributed by atoms with van der Waals surface area (Å²) in [4.78, 5) is 0. The number of benzene rings is 2. The van der Waals surface area contributed by atoms with Gasteiger partial charge in [0.25, 0.3) is 0 Å². The first-order chi connectivity index (χ1) is 25.0. The molecule has 0 bridgehead atoms. The molecule has 0 N–H and O–H groups in total. The number of allylic oxidation sites excluding steroid dienone is 10. The van der Waals surface area contributed by atoms with Gasteiger partial charge < -0.3 is 0 Å². The number of hydrogen-bond donors (Lipinski definition) is 0. The summed E-state index contributed by atoms with van der Waals surface area (Å²) in [5, 5.41) is 41.4. The molecule has 4 nitrogen and oxygen atoms in total. The van der Waals surface area contributed by atoms with Gasteiger partial charge >= 0.3 is 0 Å². The van der Waals surface area contributed by atoms with E-state index in [1.54, 1.807) is 0 Å². The fourth-order valence-corrected chi connectivity index (χ4v) is 12.0. The molecule has 6 aliphatic carbocycles. The predicted molar refractivity (Wildman–Crippen MR) is 205 cm³/mol. The molecule has 1 heterocycles. The third-order valence-electron chi connectivity index (χ3n) is 13.2. The van der Waals surface area contributed by atoms with Crippen molar-refractivity contribution in [1.29, 1.82) is 21.0 Å². The van der Waals surface area contributed by atoms with Crippen LogP contribution in [-0.4, -0.2) is 0 Å². The quantitative estimate of drug-likeness (QED) is 0.252. The summed E-state index contributed by atoms with van der Waals surface area (Å²) in [7, 11) is 0. The molecular weight excluding hydrogens is 641 g/mol. The first-order valence-electron chi connectivity index (χ1n) is 19.0. The van der Waals surface area contributed by atoms with Gasteiger partial charge in [-0.3, -0.25) is 0 Å². The molecule has 1 aromatic heterocycles. The van der Waals surface area contributed by atoms with Gasteiger partial charge in [0.05, 0.1) is 0 Å². The lowest BCUT2D eigenvalue weighted by molar-refractivity contribution is 0.346. The number of nitrogens with zero attached hydrogens (tertiary/aromatic N) is 4. The molecule has 3 aromatic rings. The Bertz CT molecular complexity index is 2210. The van der Waals surface area contributed by atoms with Crippen LogP contribution in [0.15, 0.2) is 81.0 Å². The molecule has 250 valence electrons. The Morgan fingerprint density at radius 2 is 0.902 bits per heavy atom. The Morgan fingerprint density at radius 1 is 0.490 bits per heavy atom. The molecule has 0 amide bonds. The second-order valence-electron chi connectivity index (χ2n) is 15.7. The van der Waals surface area contributed by atoms with E-state index in [0.29, 0.717) is 0 Å². The Hall–Kier alpha value is -4.94. The smallest absolute Gasteiger partial charge is 0.132 e. The van der Waals surface area contributed by atoms with Crippen molar-refractivity contribution in [1.82, 2.24) is 0 Å². The van der Waals surface area contributed by atoms with Gasteiger partial charge in [-0.2, -0.15) is 21.0 Å². The van der Waals surface area contributed by atoms with E-state index in [1.165, 1.54) is 103 Å². The van der Waals surface area contributed by atoms with E-state index < -0.39 is 0 Å². The second-order valence-corrected chi connectivity index (χ2v) is 16.8. The molecule has 0 unspecified atom stereocenters. The van der Waals surface area contributed by atoms with E-state index in [4.69, 9.17) is 0 Å². The molecule has 51 heavy (non-hydrogen) atoms. The minimum Gasteiger partial charge on any atom is -0.192 e. The molecular formula is C46H40N4S. The van der Waals surface area contributed by atoms with Crippen molar-refractivity contribution in [3.63, 3.8) is 0 Å². The molecule has 2 aromatic carbocycles. The fourth-order valence-electron chi connectivity index (χ4n) is 10.8. The minimum atomic E-state index is -0.00972.